The molecular weight excluding hydrogens is 260 g/mol. The topological polar surface area (TPSA) is 67.9 Å². The lowest BCUT2D eigenvalue weighted by atomic mass is 9.84. The van der Waals surface area contributed by atoms with Crippen molar-refractivity contribution in [3.05, 3.63) is 0 Å². The van der Waals surface area contributed by atoms with Crippen LogP contribution in [0.3, 0.4) is 0 Å². The van der Waals surface area contributed by atoms with Crippen molar-refractivity contribution in [2.75, 3.05) is 26.4 Å². The first kappa shape index (κ1) is 15.3. The highest BCUT2D eigenvalue weighted by Gasteiger charge is 2.44. The largest absolute Gasteiger partial charge is 0.376 e. The van der Waals surface area contributed by atoms with Gasteiger partial charge in [0.1, 0.15) is 12.1 Å². The number of ether oxygens (including phenoxy) is 2. The van der Waals surface area contributed by atoms with E-state index in [1.165, 1.54) is 0 Å². The van der Waals surface area contributed by atoms with Crippen molar-refractivity contribution in [2.24, 2.45) is 5.41 Å². The number of hydrogen-bond donors (Lipinski definition) is 1. The molecule has 2 fully saturated rings. The van der Waals surface area contributed by atoms with Gasteiger partial charge in [0.25, 0.3) is 0 Å². The second kappa shape index (κ2) is 5.69. The first-order valence-electron chi connectivity index (χ1n) is 7.11. The summed E-state index contributed by atoms with van der Waals surface area (Å²) in [6.45, 7) is 9.59. The molecule has 2 saturated heterocycles. The quantitative estimate of drug-likeness (QED) is 0.784. The molecule has 0 aromatic rings. The van der Waals surface area contributed by atoms with E-state index < -0.39 is 12.1 Å². The van der Waals surface area contributed by atoms with Crippen LogP contribution in [0.15, 0.2) is 0 Å². The van der Waals surface area contributed by atoms with Crippen LogP contribution >= 0.6 is 0 Å². The molecule has 6 nitrogen and oxygen atoms in total. The molecule has 2 rings (SSSR count). The second-order valence-corrected chi connectivity index (χ2v) is 6.54. The van der Waals surface area contributed by atoms with Crippen LogP contribution in [0.5, 0.6) is 0 Å². The monoisotopic (exact) mass is 284 g/mol. The molecule has 20 heavy (non-hydrogen) atoms. The van der Waals surface area contributed by atoms with Gasteiger partial charge < -0.3 is 19.7 Å². The summed E-state index contributed by atoms with van der Waals surface area (Å²) in [7, 11) is 0. The van der Waals surface area contributed by atoms with Gasteiger partial charge >= 0.3 is 0 Å². The molecule has 0 saturated carbocycles. The molecule has 114 valence electrons. The predicted octanol–water partition coefficient (Wildman–Crippen LogP) is 0.163. The van der Waals surface area contributed by atoms with Crippen LogP contribution in [0.2, 0.25) is 0 Å². The lowest BCUT2D eigenvalue weighted by Gasteiger charge is -2.43. The minimum atomic E-state index is -0.490. The summed E-state index contributed by atoms with van der Waals surface area (Å²) in [6, 6.07) is -0.956. The van der Waals surface area contributed by atoms with Crippen molar-refractivity contribution in [3.63, 3.8) is 0 Å². The Hall–Kier alpha value is -1.14. The average molecular weight is 284 g/mol. The van der Waals surface area contributed by atoms with Crippen LogP contribution in [0.25, 0.3) is 0 Å². The molecule has 2 amide bonds. The molecule has 1 N–H and O–H groups in total. The molecule has 0 aliphatic carbocycles. The zero-order valence-corrected chi connectivity index (χ0v) is 12.6. The van der Waals surface area contributed by atoms with E-state index in [0.717, 1.165) is 0 Å². The summed E-state index contributed by atoms with van der Waals surface area (Å²) in [4.78, 5) is 26.3. The molecule has 2 aliphatic rings. The van der Waals surface area contributed by atoms with E-state index in [2.05, 4.69) is 5.32 Å². The summed E-state index contributed by atoms with van der Waals surface area (Å²) in [5.41, 5.74) is -0.310. The van der Waals surface area contributed by atoms with Crippen LogP contribution in [0, 0.1) is 5.41 Å². The summed E-state index contributed by atoms with van der Waals surface area (Å²) in [5.74, 6) is -0.153. The maximum absolute atomic E-state index is 12.6. The number of carbonyl (C=O) groups is 2. The zero-order valence-electron chi connectivity index (χ0n) is 12.6. The first-order chi connectivity index (χ1) is 9.30. The Morgan fingerprint density at radius 2 is 2.00 bits per heavy atom. The maximum atomic E-state index is 12.6. The Labute approximate surface area is 119 Å². The minimum Gasteiger partial charge on any atom is -0.376 e. The van der Waals surface area contributed by atoms with E-state index in [1.807, 2.05) is 20.8 Å². The Bertz CT molecular complexity index is 385. The Balaban J connectivity index is 2.11. The summed E-state index contributed by atoms with van der Waals surface area (Å²) < 4.78 is 10.9. The molecule has 2 heterocycles. The Morgan fingerprint density at radius 1 is 1.30 bits per heavy atom. The van der Waals surface area contributed by atoms with Gasteiger partial charge in [-0.1, -0.05) is 20.8 Å². The van der Waals surface area contributed by atoms with Crippen LogP contribution in [-0.4, -0.2) is 61.3 Å². The highest BCUT2D eigenvalue weighted by Crippen LogP contribution is 2.25. The number of hydrogen-bond acceptors (Lipinski definition) is 4. The summed E-state index contributed by atoms with van der Waals surface area (Å²) >= 11 is 0. The van der Waals surface area contributed by atoms with Gasteiger partial charge in [0.15, 0.2) is 0 Å². The fourth-order valence-electron chi connectivity index (χ4n) is 2.52. The highest BCUT2D eigenvalue weighted by molar-refractivity contribution is 5.97. The van der Waals surface area contributed by atoms with Gasteiger partial charge in [-0.25, -0.2) is 0 Å². The van der Waals surface area contributed by atoms with E-state index in [1.54, 1.807) is 11.8 Å². The first-order valence-corrected chi connectivity index (χ1v) is 7.11. The third kappa shape index (κ3) is 3.12. The molecule has 0 aromatic heterocycles. The summed E-state index contributed by atoms with van der Waals surface area (Å²) in [6.07, 6.45) is -0.151. The normalized spacial score (nSPS) is 32.2. The van der Waals surface area contributed by atoms with Gasteiger partial charge in [-0.3, -0.25) is 9.59 Å². The molecule has 0 aromatic carbocycles. The van der Waals surface area contributed by atoms with Crippen LogP contribution < -0.4 is 5.32 Å². The predicted molar refractivity (Wildman–Crippen MR) is 73.1 cm³/mol. The standard InChI is InChI=1S/C14H24N2O4/c1-9-12(17)15-11(14(2,3)4)13(18)16(9)7-10-8-19-5-6-20-10/h9-11H,5-8H2,1-4H3,(H,15,17). The number of rotatable bonds is 2. The molecule has 3 atom stereocenters. The molecule has 2 aliphatic heterocycles. The van der Waals surface area contributed by atoms with Crippen molar-refractivity contribution in [1.29, 1.82) is 0 Å². The lowest BCUT2D eigenvalue weighted by molar-refractivity contribution is -0.157. The fraction of sp³-hybridized carbons (Fsp3) is 0.857. The van der Waals surface area contributed by atoms with Crippen molar-refractivity contribution >= 4 is 11.8 Å². The van der Waals surface area contributed by atoms with Crippen molar-refractivity contribution < 1.29 is 19.1 Å². The van der Waals surface area contributed by atoms with Crippen molar-refractivity contribution in [2.45, 2.75) is 45.9 Å². The number of carbonyl (C=O) groups excluding carboxylic acids is 2. The summed E-state index contributed by atoms with van der Waals surface area (Å²) in [5, 5.41) is 2.82. The van der Waals surface area contributed by atoms with Gasteiger partial charge in [-0.05, 0) is 12.3 Å². The van der Waals surface area contributed by atoms with E-state index in [4.69, 9.17) is 9.47 Å². The van der Waals surface area contributed by atoms with Crippen LogP contribution in [0.1, 0.15) is 27.7 Å². The Morgan fingerprint density at radius 3 is 2.55 bits per heavy atom. The van der Waals surface area contributed by atoms with E-state index in [-0.39, 0.29) is 23.3 Å². The molecule has 6 heteroatoms. The number of piperazine rings is 1. The van der Waals surface area contributed by atoms with Gasteiger partial charge in [0.05, 0.1) is 32.5 Å². The molecular formula is C14H24N2O4. The van der Waals surface area contributed by atoms with Crippen molar-refractivity contribution in [1.82, 2.24) is 10.2 Å². The average Bonchev–Trinajstić information content (AvgIpc) is 2.39. The third-order valence-electron chi connectivity index (χ3n) is 3.81. The number of amides is 2. The van der Waals surface area contributed by atoms with Gasteiger partial charge in [0.2, 0.25) is 11.8 Å². The van der Waals surface area contributed by atoms with Crippen LogP contribution in [-0.2, 0) is 19.1 Å². The number of nitrogens with one attached hydrogen (secondary N) is 1. The fourth-order valence-corrected chi connectivity index (χ4v) is 2.52. The van der Waals surface area contributed by atoms with E-state index in [9.17, 15) is 9.59 Å². The highest BCUT2D eigenvalue weighted by atomic mass is 16.6. The number of nitrogens with zero attached hydrogens (tertiary/aromatic N) is 1. The Kier molecular flexibility index (Phi) is 4.34. The van der Waals surface area contributed by atoms with Crippen molar-refractivity contribution in [3.8, 4) is 0 Å². The van der Waals surface area contributed by atoms with Gasteiger partial charge in [0, 0.05) is 0 Å². The second-order valence-electron chi connectivity index (χ2n) is 6.54. The maximum Gasteiger partial charge on any atom is 0.246 e. The van der Waals surface area contributed by atoms with E-state index in [0.29, 0.717) is 26.4 Å². The smallest absolute Gasteiger partial charge is 0.246 e. The molecule has 0 radical (unpaired) electrons. The third-order valence-corrected chi connectivity index (χ3v) is 3.81. The minimum absolute atomic E-state index is 0.0428. The van der Waals surface area contributed by atoms with Gasteiger partial charge in [-0.15, -0.1) is 0 Å². The van der Waals surface area contributed by atoms with Crippen LogP contribution in [0.4, 0.5) is 0 Å². The van der Waals surface area contributed by atoms with Gasteiger partial charge in [-0.2, -0.15) is 0 Å². The molecule has 0 bridgehead atoms. The lowest BCUT2D eigenvalue weighted by Crippen LogP contribution is -2.67. The molecule has 3 unspecified atom stereocenters. The zero-order chi connectivity index (χ0) is 14.9. The van der Waals surface area contributed by atoms with E-state index >= 15 is 0 Å². The molecule has 0 spiro atoms. The SMILES string of the molecule is CC1C(=O)NC(C(C)(C)C)C(=O)N1CC1COCCO1.